The van der Waals surface area contributed by atoms with Crippen LogP contribution in [0.2, 0.25) is 5.02 Å². The van der Waals surface area contributed by atoms with Gasteiger partial charge in [-0.2, -0.15) is 4.98 Å². The van der Waals surface area contributed by atoms with Gasteiger partial charge in [0, 0.05) is 6.20 Å². The van der Waals surface area contributed by atoms with Crippen LogP contribution in [0.5, 0.6) is 0 Å². The van der Waals surface area contributed by atoms with Crippen LogP contribution in [0.3, 0.4) is 0 Å². The van der Waals surface area contributed by atoms with Crippen LogP contribution < -0.4 is 5.73 Å². The Morgan fingerprint density at radius 1 is 1.64 bits per heavy atom. The number of nitrogens with zero attached hydrogens (tertiary/aromatic N) is 3. The van der Waals surface area contributed by atoms with Crippen molar-refractivity contribution in [3.8, 4) is 0 Å². The monoisotopic (exact) mass is 212 g/mol. The van der Waals surface area contributed by atoms with Crippen molar-refractivity contribution in [2.75, 3.05) is 5.73 Å². The van der Waals surface area contributed by atoms with Gasteiger partial charge in [-0.1, -0.05) is 11.6 Å². The molecule has 0 saturated carbocycles. The van der Waals surface area contributed by atoms with Crippen LogP contribution in [-0.2, 0) is 0 Å². The number of halogens is 1. The van der Waals surface area contributed by atoms with Gasteiger partial charge in [-0.05, 0) is 6.07 Å². The first-order valence-corrected chi connectivity index (χ1v) is 4.00. The fraction of sp³-hybridized carbons (Fsp3) is 0. The van der Waals surface area contributed by atoms with Gasteiger partial charge in [-0.25, -0.2) is 9.31 Å². The summed E-state index contributed by atoms with van der Waals surface area (Å²) in [6, 6.07) is 1.30. The van der Waals surface area contributed by atoms with Gasteiger partial charge in [-0.3, -0.25) is 0 Å². The van der Waals surface area contributed by atoms with Crippen LogP contribution in [-0.4, -0.2) is 25.7 Å². The van der Waals surface area contributed by atoms with Gasteiger partial charge in [0.2, 0.25) is 5.95 Å². The largest absolute Gasteiger partial charge is 0.478 e. The number of carboxylic acid groups (broad SMARTS) is 1. The zero-order chi connectivity index (χ0) is 10.3. The molecule has 14 heavy (non-hydrogen) atoms. The molecule has 0 unspecified atom stereocenters. The third-order valence-electron chi connectivity index (χ3n) is 1.65. The Morgan fingerprint density at radius 2 is 2.36 bits per heavy atom. The highest BCUT2D eigenvalue weighted by Crippen LogP contribution is 2.16. The van der Waals surface area contributed by atoms with Crippen molar-refractivity contribution >= 4 is 29.2 Å². The standard InChI is InChI=1S/C7H5ClN4O2/c8-3-1-4(6(13)14)5-10-7(9)11-12(5)2-3/h1-2H,(H2,9,11)(H,13,14). The molecule has 2 rings (SSSR count). The molecule has 2 heterocycles. The molecule has 6 nitrogen and oxygen atoms in total. The number of nitrogens with two attached hydrogens (primary N) is 1. The smallest absolute Gasteiger partial charge is 0.339 e. The first kappa shape index (κ1) is 8.76. The number of fused-ring (bicyclic) bond motifs is 1. The molecular weight excluding hydrogens is 208 g/mol. The molecule has 0 saturated heterocycles. The summed E-state index contributed by atoms with van der Waals surface area (Å²) in [5, 5.41) is 12.9. The molecule has 0 aliphatic heterocycles. The van der Waals surface area contributed by atoms with Crippen molar-refractivity contribution in [2.24, 2.45) is 0 Å². The van der Waals surface area contributed by atoms with Crippen molar-refractivity contribution in [2.45, 2.75) is 0 Å². The molecule has 0 bridgehead atoms. The second-order valence-corrected chi connectivity index (χ2v) is 3.05. The Bertz CT molecular complexity index is 522. The van der Waals surface area contributed by atoms with Gasteiger partial charge in [0.25, 0.3) is 0 Å². The maximum Gasteiger partial charge on any atom is 0.339 e. The number of carboxylic acids is 1. The Balaban J connectivity index is 2.85. The molecule has 0 atom stereocenters. The summed E-state index contributed by atoms with van der Waals surface area (Å²) in [5.74, 6) is -1.11. The van der Waals surface area contributed by atoms with E-state index in [1.165, 1.54) is 16.8 Å². The van der Waals surface area contributed by atoms with E-state index in [2.05, 4.69) is 10.1 Å². The second kappa shape index (κ2) is 2.85. The zero-order valence-corrected chi connectivity index (χ0v) is 7.56. The molecule has 3 N–H and O–H groups in total. The summed E-state index contributed by atoms with van der Waals surface area (Å²) in [5.41, 5.74) is 5.48. The number of hydrogen-bond donors (Lipinski definition) is 2. The first-order valence-electron chi connectivity index (χ1n) is 3.62. The molecule has 7 heteroatoms. The van der Waals surface area contributed by atoms with Gasteiger partial charge < -0.3 is 10.8 Å². The number of pyridine rings is 1. The van der Waals surface area contributed by atoms with Crippen LogP contribution in [0.1, 0.15) is 10.4 Å². The minimum atomic E-state index is -1.12. The fourth-order valence-electron chi connectivity index (χ4n) is 1.13. The molecule has 0 spiro atoms. The van der Waals surface area contributed by atoms with Crippen molar-refractivity contribution in [3.63, 3.8) is 0 Å². The third kappa shape index (κ3) is 1.25. The Morgan fingerprint density at radius 3 is 3.00 bits per heavy atom. The van der Waals surface area contributed by atoms with Gasteiger partial charge in [0.1, 0.15) is 5.56 Å². The highest BCUT2D eigenvalue weighted by atomic mass is 35.5. The minimum Gasteiger partial charge on any atom is -0.478 e. The van der Waals surface area contributed by atoms with E-state index < -0.39 is 5.97 Å². The number of aromatic carboxylic acids is 1. The molecule has 0 aliphatic carbocycles. The van der Waals surface area contributed by atoms with E-state index in [4.69, 9.17) is 22.4 Å². The quantitative estimate of drug-likeness (QED) is 0.724. The van der Waals surface area contributed by atoms with Crippen molar-refractivity contribution < 1.29 is 9.90 Å². The van der Waals surface area contributed by atoms with E-state index in [-0.39, 0.29) is 22.2 Å². The Labute approximate surface area is 82.9 Å². The number of nitrogen functional groups attached to an aromatic ring is 1. The topological polar surface area (TPSA) is 93.5 Å². The van der Waals surface area contributed by atoms with Crippen molar-refractivity contribution in [1.82, 2.24) is 14.6 Å². The van der Waals surface area contributed by atoms with E-state index in [0.29, 0.717) is 0 Å². The van der Waals surface area contributed by atoms with Gasteiger partial charge in [-0.15, -0.1) is 5.10 Å². The van der Waals surface area contributed by atoms with E-state index in [1.54, 1.807) is 0 Å². The number of rotatable bonds is 1. The van der Waals surface area contributed by atoms with Gasteiger partial charge >= 0.3 is 5.97 Å². The van der Waals surface area contributed by atoms with Crippen molar-refractivity contribution in [3.05, 3.63) is 22.8 Å². The summed E-state index contributed by atoms with van der Waals surface area (Å²) < 4.78 is 1.24. The number of anilines is 1. The first-order chi connectivity index (χ1) is 6.58. The van der Waals surface area contributed by atoms with E-state index in [0.717, 1.165) is 0 Å². The van der Waals surface area contributed by atoms with Crippen LogP contribution in [0, 0.1) is 0 Å². The summed E-state index contributed by atoms with van der Waals surface area (Å²) in [7, 11) is 0. The van der Waals surface area contributed by atoms with Crippen LogP contribution in [0.25, 0.3) is 5.65 Å². The molecule has 72 valence electrons. The third-order valence-corrected chi connectivity index (χ3v) is 1.85. The van der Waals surface area contributed by atoms with E-state index in [1.807, 2.05) is 0 Å². The lowest BCUT2D eigenvalue weighted by Crippen LogP contribution is -2.01. The normalized spacial score (nSPS) is 10.6. The average Bonchev–Trinajstić information content (AvgIpc) is 2.42. The highest BCUT2D eigenvalue weighted by Gasteiger charge is 2.13. The van der Waals surface area contributed by atoms with Gasteiger partial charge in [0.05, 0.1) is 5.02 Å². The Hall–Kier alpha value is -1.82. The molecule has 2 aromatic heterocycles. The molecule has 0 aliphatic rings. The maximum atomic E-state index is 10.8. The van der Waals surface area contributed by atoms with E-state index in [9.17, 15) is 4.79 Å². The van der Waals surface area contributed by atoms with E-state index >= 15 is 0 Å². The molecule has 0 fully saturated rings. The Kier molecular flexibility index (Phi) is 1.78. The fourth-order valence-corrected chi connectivity index (χ4v) is 1.33. The SMILES string of the molecule is Nc1nc2c(C(=O)O)cc(Cl)cn2n1. The molecular formula is C7H5ClN4O2. The number of aromatic nitrogens is 3. The molecule has 0 amide bonds. The second-order valence-electron chi connectivity index (χ2n) is 2.62. The van der Waals surface area contributed by atoms with Crippen molar-refractivity contribution in [1.29, 1.82) is 0 Å². The highest BCUT2D eigenvalue weighted by molar-refractivity contribution is 6.31. The summed E-state index contributed by atoms with van der Waals surface area (Å²) in [4.78, 5) is 14.6. The van der Waals surface area contributed by atoms with Crippen LogP contribution >= 0.6 is 11.6 Å². The summed E-state index contributed by atoms with van der Waals surface area (Å²) in [6.45, 7) is 0. The predicted molar refractivity (Wildman–Crippen MR) is 49.4 cm³/mol. The minimum absolute atomic E-state index is 0.00904. The van der Waals surface area contributed by atoms with Crippen LogP contribution in [0.4, 0.5) is 5.95 Å². The zero-order valence-electron chi connectivity index (χ0n) is 6.81. The average molecular weight is 213 g/mol. The molecule has 0 aromatic carbocycles. The lowest BCUT2D eigenvalue weighted by molar-refractivity contribution is 0.0698. The maximum absolute atomic E-state index is 10.8. The predicted octanol–water partition coefficient (Wildman–Crippen LogP) is 0.663. The molecule has 2 aromatic rings. The number of carbonyl (C=O) groups is 1. The summed E-state index contributed by atoms with van der Waals surface area (Å²) in [6.07, 6.45) is 1.44. The lowest BCUT2D eigenvalue weighted by atomic mass is 10.3. The number of hydrogen-bond acceptors (Lipinski definition) is 4. The van der Waals surface area contributed by atoms with Gasteiger partial charge in [0.15, 0.2) is 5.65 Å². The van der Waals surface area contributed by atoms with Crippen LogP contribution in [0.15, 0.2) is 12.3 Å². The lowest BCUT2D eigenvalue weighted by Gasteiger charge is -1.97. The summed E-state index contributed by atoms with van der Waals surface area (Å²) >= 11 is 5.68. The molecule has 0 radical (unpaired) electrons.